The van der Waals surface area contributed by atoms with Crippen molar-refractivity contribution in [1.82, 2.24) is 24.6 Å². The molecule has 1 aliphatic heterocycles. The van der Waals surface area contributed by atoms with Crippen molar-refractivity contribution in [1.29, 1.82) is 0 Å². The molecule has 1 aliphatic rings. The van der Waals surface area contributed by atoms with Crippen LogP contribution in [-0.2, 0) is 0 Å². The Hall–Kier alpha value is -3.46. The second-order valence-corrected chi connectivity index (χ2v) is 8.04. The van der Waals surface area contributed by atoms with Gasteiger partial charge in [0.05, 0.1) is 24.3 Å². The molecule has 4 heterocycles. The number of aryl methyl sites for hydroxylation is 1. The van der Waals surface area contributed by atoms with Gasteiger partial charge in [-0.25, -0.2) is 4.98 Å². The molecule has 3 aromatic heterocycles. The fourth-order valence-corrected chi connectivity index (χ4v) is 4.44. The maximum Gasteiger partial charge on any atom is 0.265 e. The molecule has 152 valence electrons. The van der Waals surface area contributed by atoms with E-state index in [1.54, 1.807) is 12.0 Å². The number of rotatable bonds is 5. The third kappa shape index (κ3) is 3.17. The summed E-state index contributed by atoms with van der Waals surface area (Å²) < 4.78 is 12.7. The SMILES string of the molecule is COc1ccccc1-c1noc(C2CN(C(=O)c3sc(-n4cccc4)nc3C)C2)n1. The van der Waals surface area contributed by atoms with Crippen molar-refractivity contribution in [3.05, 3.63) is 65.3 Å². The normalized spacial score (nSPS) is 14.0. The van der Waals surface area contributed by atoms with Crippen LogP contribution in [-0.4, -0.2) is 50.7 Å². The van der Waals surface area contributed by atoms with Gasteiger partial charge in [0.15, 0.2) is 5.13 Å². The highest BCUT2D eigenvalue weighted by Gasteiger charge is 2.37. The van der Waals surface area contributed by atoms with Crippen molar-refractivity contribution in [3.8, 4) is 22.3 Å². The number of methoxy groups -OCH3 is 1. The minimum Gasteiger partial charge on any atom is -0.496 e. The van der Waals surface area contributed by atoms with Crippen molar-refractivity contribution in [2.45, 2.75) is 12.8 Å². The highest BCUT2D eigenvalue weighted by molar-refractivity contribution is 7.16. The molecule has 0 saturated carbocycles. The molecule has 0 unspecified atom stereocenters. The number of amides is 1. The van der Waals surface area contributed by atoms with Crippen LogP contribution in [0.25, 0.3) is 16.5 Å². The van der Waals surface area contributed by atoms with Gasteiger partial charge in [-0.15, -0.1) is 0 Å². The fourth-order valence-electron chi connectivity index (χ4n) is 3.44. The number of aromatic nitrogens is 4. The zero-order valence-electron chi connectivity index (χ0n) is 16.5. The van der Waals surface area contributed by atoms with E-state index >= 15 is 0 Å². The number of carbonyl (C=O) groups is 1. The Labute approximate surface area is 176 Å². The molecule has 0 atom stereocenters. The van der Waals surface area contributed by atoms with Crippen LogP contribution in [0.2, 0.25) is 0 Å². The molecule has 0 bridgehead atoms. The zero-order chi connectivity index (χ0) is 20.7. The summed E-state index contributed by atoms with van der Waals surface area (Å²) in [5.41, 5.74) is 1.52. The monoisotopic (exact) mass is 421 g/mol. The van der Waals surface area contributed by atoms with E-state index in [4.69, 9.17) is 9.26 Å². The van der Waals surface area contributed by atoms with Gasteiger partial charge in [0, 0.05) is 25.5 Å². The summed E-state index contributed by atoms with van der Waals surface area (Å²) in [5, 5.41) is 4.88. The number of thiazole rings is 1. The summed E-state index contributed by atoms with van der Waals surface area (Å²) in [6.07, 6.45) is 3.84. The number of ether oxygens (including phenoxy) is 1. The lowest BCUT2D eigenvalue weighted by Gasteiger charge is -2.36. The van der Waals surface area contributed by atoms with Crippen molar-refractivity contribution in [2.24, 2.45) is 0 Å². The predicted molar refractivity (Wildman–Crippen MR) is 111 cm³/mol. The molecule has 9 heteroatoms. The van der Waals surface area contributed by atoms with Crippen molar-refractivity contribution in [2.75, 3.05) is 20.2 Å². The summed E-state index contributed by atoms with van der Waals surface area (Å²) in [6, 6.07) is 11.4. The van der Waals surface area contributed by atoms with Gasteiger partial charge < -0.3 is 18.7 Å². The van der Waals surface area contributed by atoms with Crippen LogP contribution in [0.3, 0.4) is 0 Å². The topological polar surface area (TPSA) is 86.3 Å². The van der Waals surface area contributed by atoms with E-state index in [9.17, 15) is 4.79 Å². The summed E-state index contributed by atoms with van der Waals surface area (Å²) in [6.45, 7) is 2.96. The lowest BCUT2D eigenvalue weighted by atomic mass is 10.00. The van der Waals surface area contributed by atoms with Gasteiger partial charge in [-0.1, -0.05) is 28.6 Å². The first-order chi connectivity index (χ1) is 14.6. The lowest BCUT2D eigenvalue weighted by molar-refractivity contribution is 0.0573. The summed E-state index contributed by atoms with van der Waals surface area (Å²) in [4.78, 5) is 24.4. The number of hydrogen-bond donors (Lipinski definition) is 0. The van der Waals surface area contributed by atoms with Gasteiger partial charge in [-0.05, 0) is 31.2 Å². The Kier molecular flexibility index (Phi) is 4.59. The van der Waals surface area contributed by atoms with Gasteiger partial charge in [0.2, 0.25) is 11.7 Å². The number of likely N-dealkylation sites (tertiary alicyclic amines) is 1. The van der Waals surface area contributed by atoms with E-state index in [0.717, 1.165) is 16.4 Å². The summed E-state index contributed by atoms with van der Waals surface area (Å²) in [5.74, 6) is 1.73. The molecule has 0 N–H and O–H groups in total. The molecular formula is C21H19N5O3S. The number of carbonyl (C=O) groups excluding carboxylic acids is 1. The second kappa shape index (κ2) is 7.42. The van der Waals surface area contributed by atoms with Gasteiger partial charge >= 0.3 is 0 Å². The van der Waals surface area contributed by atoms with Crippen LogP contribution in [0.4, 0.5) is 0 Å². The van der Waals surface area contributed by atoms with Crippen molar-refractivity contribution in [3.63, 3.8) is 0 Å². The van der Waals surface area contributed by atoms with E-state index in [-0.39, 0.29) is 11.8 Å². The smallest absolute Gasteiger partial charge is 0.265 e. The lowest BCUT2D eigenvalue weighted by Crippen LogP contribution is -2.48. The van der Waals surface area contributed by atoms with E-state index < -0.39 is 0 Å². The molecule has 8 nitrogen and oxygen atoms in total. The van der Waals surface area contributed by atoms with E-state index in [1.165, 1.54) is 11.3 Å². The second-order valence-electron chi connectivity index (χ2n) is 7.06. The number of benzene rings is 1. The van der Waals surface area contributed by atoms with Crippen LogP contribution < -0.4 is 4.74 Å². The minimum atomic E-state index is -0.0101. The predicted octanol–water partition coefficient (Wildman–Crippen LogP) is 3.54. The van der Waals surface area contributed by atoms with Gasteiger partial charge in [-0.2, -0.15) is 4.98 Å². The minimum absolute atomic E-state index is 0.0101. The van der Waals surface area contributed by atoms with Crippen LogP contribution in [0.5, 0.6) is 5.75 Å². The summed E-state index contributed by atoms with van der Waals surface area (Å²) in [7, 11) is 1.61. The molecule has 1 aromatic carbocycles. The Bertz CT molecular complexity index is 1190. The molecule has 1 saturated heterocycles. The Morgan fingerprint density at radius 3 is 2.70 bits per heavy atom. The van der Waals surface area contributed by atoms with Crippen molar-refractivity contribution < 1.29 is 14.1 Å². The molecule has 1 amide bonds. The first-order valence-corrected chi connectivity index (χ1v) is 10.3. The molecule has 0 aliphatic carbocycles. The van der Waals surface area contributed by atoms with Gasteiger partial charge in [0.1, 0.15) is 10.6 Å². The third-order valence-electron chi connectivity index (χ3n) is 5.11. The third-order valence-corrected chi connectivity index (χ3v) is 6.27. The Morgan fingerprint density at radius 1 is 1.17 bits per heavy atom. The van der Waals surface area contributed by atoms with Crippen LogP contribution >= 0.6 is 11.3 Å². The molecule has 30 heavy (non-hydrogen) atoms. The maximum atomic E-state index is 12.9. The molecule has 0 spiro atoms. The van der Waals surface area contributed by atoms with E-state index in [1.807, 2.05) is 60.3 Å². The number of para-hydroxylation sites is 1. The van der Waals surface area contributed by atoms with Crippen LogP contribution in [0.1, 0.15) is 27.2 Å². The molecule has 1 fully saturated rings. The first kappa shape index (κ1) is 18.6. The van der Waals surface area contributed by atoms with E-state index in [2.05, 4.69) is 15.1 Å². The average Bonchev–Trinajstić information content (AvgIpc) is 3.47. The number of nitrogens with zero attached hydrogens (tertiary/aromatic N) is 5. The zero-order valence-corrected chi connectivity index (χ0v) is 17.3. The molecule has 0 radical (unpaired) electrons. The standard InChI is InChI=1S/C21H19N5O3S/c1-13-17(30-21(22-13)25-9-5-6-10-25)20(27)26-11-14(12-26)19-23-18(24-29-19)15-7-3-4-8-16(15)28-2/h3-10,14H,11-12H2,1-2H3. The van der Waals surface area contributed by atoms with Gasteiger partial charge in [-0.3, -0.25) is 4.79 Å². The average molecular weight is 421 g/mol. The van der Waals surface area contributed by atoms with Crippen LogP contribution in [0.15, 0.2) is 53.3 Å². The quantitative estimate of drug-likeness (QED) is 0.490. The van der Waals surface area contributed by atoms with E-state index in [0.29, 0.717) is 35.4 Å². The first-order valence-electron chi connectivity index (χ1n) is 9.51. The highest BCUT2D eigenvalue weighted by atomic mass is 32.1. The van der Waals surface area contributed by atoms with Crippen LogP contribution in [0, 0.1) is 6.92 Å². The highest BCUT2D eigenvalue weighted by Crippen LogP contribution is 2.33. The number of hydrogen-bond acceptors (Lipinski definition) is 7. The molecular weight excluding hydrogens is 402 g/mol. The van der Waals surface area contributed by atoms with Gasteiger partial charge in [0.25, 0.3) is 5.91 Å². The van der Waals surface area contributed by atoms with Crippen molar-refractivity contribution >= 4 is 17.2 Å². The summed E-state index contributed by atoms with van der Waals surface area (Å²) >= 11 is 1.40. The molecule has 5 rings (SSSR count). The Balaban J connectivity index is 1.28. The maximum absolute atomic E-state index is 12.9. The fraction of sp³-hybridized carbons (Fsp3) is 0.238. The Morgan fingerprint density at radius 2 is 1.93 bits per heavy atom. The largest absolute Gasteiger partial charge is 0.496 e. The molecule has 4 aromatic rings.